The molecule has 12 heteroatoms. The summed E-state index contributed by atoms with van der Waals surface area (Å²) in [5.41, 5.74) is 8.49. The van der Waals surface area contributed by atoms with Crippen molar-refractivity contribution in [3.63, 3.8) is 0 Å². The highest BCUT2D eigenvalue weighted by atomic mass is 31.2. The Labute approximate surface area is 248 Å². The van der Waals surface area contributed by atoms with Crippen LogP contribution >= 0.6 is 7.60 Å². The van der Waals surface area contributed by atoms with Crippen LogP contribution in [0.5, 0.6) is 11.5 Å². The summed E-state index contributed by atoms with van der Waals surface area (Å²) in [6, 6.07) is 27.8. The summed E-state index contributed by atoms with van der Waals surface area (Å²) >= 11 is 0. The first-order valence-electron chi connectivity index (χ1n) is 13.2. The fourth-order valence-corrected chi connectivity index (χ4v) is 5.84. The number of ether oxygens (including phenoxy) is 1. The molecule has 4 aromatic carbocycles. The van der Waals surface area contributed by atoms with Crippen LogP contribution in [0, 0.1) is 0 Å². The van der Waals surface area contributed by atoms with Crippen LogP contribution in [0.25, 0.3) is 0 Å². The Hall–Kier alpha value is -5.28. The number of carbonyl (C=O) groups is 3. The van der Waals surface area contributed by atoms with Crippen molar-refractivity contribution in [3.8, 4) is 11.5 Å². The monoisotopic (exact) mass is 602 g/mol. The number of nitrogens with two attached hydrogens (primary N) is 1. The average Bonchev–Trinajstić information content (AvgIpc) is 2.97. The number of hydrogen-bond acceptors (Lipinski definition) is 8. The molecule has 4 rings (SSSR count). The Morgan fingerprint density at radius 3 is 1.77 bits per heavy atom. The van der Waals surface area contributed by atoms with Crippen LogP contribution in [0.3, 0.4) is 0 Å². The smallest absolute Gasteiger partial charge is 0.445 e. The quantitative estimate of drug-likeness (QED) is 0.112. The second kappa shape index (κ2) is 14.1. The Kier molecular flexibility index (Phi) is 10.0. The van der Waals surface area contributed by atoms with Crippen LogP contribution in [0.2, 0.25) is 0 Å². The van der Waals surface area contributed by atoms with Gasteiger partial charge in [-0.2, -0.15) is 0 Å². The summed E-state index contributed by atoms with van der Waals surface area (Å²) in [6.45, 7) is 2.72. The van der Waals surface area contributed by atoms with E-state index >= 15 is 0 Å². The third-order valence-corrected chi connectivity index (χ3v) is 7.81. The van der Waals surface area contributed by atoms with E-state index in [0.29, 0.717) is 22.6 Å². The molecule has 0 aliphatic rings. The van der Waals surface area contributed by atoms with Crippen molar-refractivity contribution in [1.29, 1.82) is 0 Å². The van der Waals surface area contributed by atoms with Crippen LogP contribution in [-0.4, -0.2) is 17.9 Å². The van der Waals surface area contributed by atoms with E-state index in [-0.39, 0.29) is 29.9 Å². The predicted molar refractivity (Wildman–Crippen MR) is 164 cm³/mol. The van der Waals surface area contributed by atoms with Crippen LogP contribution < -0.4 is 30.7 Å². The molecular weight excluding hydrogens is 571 g/mol. The van der Waals surface area contributed by atoms with Gasteiger partial charge in [-0.15, -0.1) is 0 Å². The number of nitrogen functional groups attached to an aromatic ring is 1. The van der Waals surface area contributed by atoms with Crippen LogP contribution in [-0.2, 0) is 25.5 Å². The van der Waals surface area contributed by atoms with Crippen molar-refractivity contribution >= 4 is 42.6 Å². The molecule has 11 nitrogen and oxygen atoms in total. The second-order valence-electron chi connectivity index (χ2n) is 9.41. The predicted octanol–water partition coefficient (Wildman–Crippen LogP) is 6.46. The van der Waals surface area contributed by atoms with Gasteiger partial charge in [0.2, 0.25) is 11.8 Å². The molecular formula is C31H31N4O7P. The summed E-state index contributed by atoms with van der Waals surface area (Å²) in [6.07, 6.45) is -0.870. The lowest BCUT2D eigenvalue weighted by atomic mass is 10.2. The average molecular weight is 603 g/mol. The van der Waals surface area contributed by atoms with Crippen molar-refractivity contribution in [1.82, 2.24) is 5.32 Å². The minimum Gasteiger partial charge on any atom is -0.445 e. The fraction of sp³-hybridized carbons (Fsp3) is 0.129. The lowest BCUT2D eigenvalue weighted by Gasteiger charge is -2.28. The third kappa shape index (κ3) is 9.11. The zero-order chi connectivity index (χ0) is 30.8. The van der Waals surface area contributed by atoms with Crippen molar-refractivity contribution in [2.75, 3.05) is 16.4 Å². The van der Waals surface area contributed by atoms with Gasteiger partial charge in [-0.25, -0.2) is 9.36 Å². The number of amides is 3. The number of benzene rings is 4. The minimum absolute atomic E-state index is 0.0302. The first-order valence-corrected chi connectivity index (χ1v) is 14.8. The molecule has 0 spiro atoms. The van der Waals surface area contributed by atoms with Crippen molar-refractivity contribution in [3.05, 3.63) is 114 Å². The first kappa shape index (κ1) is 30.7. The van der Waals surface area contributed by atoms with Gasteiger partial charge in [0, 0.05) is 30.9 Å². The van der Waals surface area contributed by atoms with E-state index in [1.807, 2.05) is 18.2 Å². The van der Waals surface area contributed by atoms with Gasteiger partial charge in [-0.05, 0) is 71.8 Å². The van der Waals surface area contributed by atoms with Gasteiger partial charge in [0.25, 0.3) is 0 Å². The van der Waals surface area contributed by atoms with E-state index in [1.54, 1.807) is 60.7 Å². The summed E-state index contributed by atoms with van der Waals surface area (Å²) in [5, 5.41) is 7.94. The molecule has 0 aliphatic carbocycles. The number of hydrogen-bond donors (Lipinski definition) is 4. The van der Waals surface area contributed by atoms with Crippen LogP contribution in [0.15, 0.2) is 103 Å². The normalized spacial score (nSPS) is 11.5. The van der Waals surface area contributed by atoms with Gasteiger partial charge < -0.3 is 35.5 Å². The summed E-state index contributed by atoms with van der Waals surface area (Å²) < 4.78 is 32.3. The highest BCUT2D eigenvalue weighted by Gasteiger charge is 2.42. The minimum atomic E-state index is -4.39. The Bertz CT molecular complexity index is 1550. The summed E-state index contributed by atoms with van der Waals surface area (Å²) in [7, 11) is -4.39. The van der Waals surface area contributed by atoms with Crippen molar-refractivity contribution in [2.24, 2.45) is 0 Å². The second-order valence-corrected chi connectivity index (χ2v) is 11.4. The molecule has 5 N–H and O–H groups in total. The largest absolute Gasteiger partial charge is 0.457 e. The maximum atomic E-state index is 14.8. The highest BCUT2D eigenvalue weighted by Crippen LogP contribution is 2.59. The zero-order valence-electron chi connectivity index (χ0n) is 23.5. The van der Waals surface area contributed by atoms with Gasteiger partial charge in [-0.3, -0.25) is 9.59 Å². The highest BCUT2D eigenvalue weighted by molar-refractivity contribution is 7.55. The lowest BCUT2D eigenvalue weighted by Crippen LogP contribution is -2.31. The summed E-state index contributed by atoms with van der Waals surface area (Å²) in [5.74, 6) is -1.61. The third-order valence-electron chi connectivity index (χ3n) is 5.82. The molecule has 222 valence electrons. The fourth-order valence-electron chi connectivity index (χ4n) is 3.97. The number of rotatable bonds is 11. The SMILES string of the molecule is CC(=O)Nc1ccc(OP(=O)(Oc2ccc(NC(C)=O)cc2)C(NC(=O)OCc2ccccc2)c2cccc(N)c2)cc1. The Morgan fingerprint density at radius 1 is 0.744 bits per heavy atom. The molecule has 0 radical (unpaired) electrons. The van der Waals surface area contributed by atoms with Gasteiger partial charge >= 0.3 is 13.7 Å². The molecule has 0 fully saturated rings. The van der Waals surface area contributed by atoms with Gasteiger partial charge in [-0.1, -0.05) is 42.5 Å². The van der Waals surface area contributed by atoms with E-state index in [4.69, 9.17) is 19.5 Å². The molecule has 0 saturated carbocycles. The molecule has 0 aromatic heterocycles. The number of nitrogens with one attached hydrogen (secondary N) is 3. The topological polar surface area (TPSA) is 158 Å². The van der Waals surface area contributed by atoms with Crippen molar-refractivity contribution < 1.29 is 32.7 Å². The maximum Gasteiger partial charge on any atom is 0.457 e. The Balaban J connectivity index is 1.69. The molecule has 0 bridgehead atoms. The van der Waals surface area contributed by atoms with E-state index in [2.05, 4.69) is 16.0 Å². The van der Waals surface area contributed by atoms with Gasteiger partial charge in [0.1, 0.15) is 18.1 Å². The zero-order valence-corrected chi connectivity index (χ0v) is 24.4. The molecule has 3 amide bonds. The molecule has 43 heavy (non-hydrogen) atoms. The van der Waals surface area contributed by atoms with Gasteiger partial charge in [0.15, 0.2) is 5.78 Å². The molecule has 0 aliphatic heterocycles. The molecule has 0 heterocycles. The molecule has 4 aromatic rings. The number of anilines is 3. The number of alkyl carbamates (subject to hydrolysis) is 1. The Morgan fingerprint density at radius 2 is 1.28 bits per heavy atom. The van der Waals surface area contributed by atoms with E-state index in [1.165, 1.54) is 38.1 Å². The maximum absolute atomic E-state index is 14.8. The van der Waals surface area contributed by atoms with E-state index in [9.17, 15) is 18.9 Å². The first-order chi connectivity index (χ1) is 20.6. The van der Waals surface area contributed by atoms with E-state index in [0.717, 1.165) is 5.56 Å². The molecule has 1 unspecified atom stereocenters. The summed E-state index contributed by atoms with van der Waals surface area (Å²) in [4.78, 5) is 35.9. The van der Waals surface area contributed by atoms with Gasteiger partial charge in [0.05, 0.1) is 0 Å². The lowest BCUT2D eigenvalue weighted by molar-refractivity contribution is -0.115. The molecule has 0 saturated heterocycles. The van der Waals surface area contributed by atoms with Crippen LogP contribution in [0.4, 0.5) is 21.9 Å². The van der Waals surface area contributed by atoms with Crippen molar-refractivity contribution in [2.45, 2.75) is 26.2 Å². The van der Waals surface area contributed by atoms with Crippen LogP contribution in [0.1, 0.15) is 30.8 Å². The number of carbonyl (C=O) groups excluding carboxylic acids is 3. The standard InChI is InChI=1S/C31H31N4O7P/c1-21(36)33-26-11-15-28(16-12-26)41-43(39,42-29-17-13-27(14-18-29)34-22(2)37)30(24-9-6-10-25(32)19-24)35-31(38)40-20-23-7-4-3-5-8-23/h3-19,30H,20,32H2,1-2H3,(H,33,36)(H,34,37)(H,35,38). The molecule has 1 atom stereocenters. The van der Waals surface area contributed by atoms with E-state index < -0.39 is 19.5 Å².